The lowest BCUT2D eigenvalue weighted by Crippen LogP contribution is -2.50. The third-order valence-electron chi connectivity index (χ3n) is 5.65. The zero-order chi connectivity index (χ0) is 19.3. The van der Waals surface area contributed by atoms with E-state index in [4.69, 9.17) is 0 Å². The fourth-order valence-electron chi connectivity index (χ4n) is 3.90. The minimum Gasteiger partial charge on any atom is -0.355 e. The molecule has 0 aromatic carbocycles. The molecular formula is C20H39IN6. The van der Waals surface area contributed by atoms with Crippen molar-refractivity contribution < 1.29 is 0 Å². The van der Waals surface area contributed by atoms with Crippen LogP contribution in [0.15, 0.2) is 4.99 Å². The molecule has 0 aliphatic carbocycles. The number of aliphatic imine (C=N–C) groups is 1. The van der Waals surface area contributed by atoms with Gasteiger partial charge in [-0.2, -0.15) is 5.10 Å². The SMILES string of the molecule is CN=C(NCC(C)N1CCCC(C)C1)NC(C)Cc1c(C)nn(C)c1C.I. The summed E-state index contributed by atoms with van der Waals surface area (Å²) in [5.74, 6) is 1.70. The Kier molecular flexibility index (Phi) is 10.1. The summed E-state index contributed by atoms with van der Waals surface area (Å²) >= 11 is 0. The van der Waals surface area contributed by atoms with Gasteiger partial charge >= 0.3 is 0 Å². The van der Waals surface area contributed by atoms with Gasteiger partial charge in [0, 0.05) is 45.0 Å². The molecule has 1 saturated heterocycles. The van der Waals surface area contributed by atoms with Crippen molar-refractivity contribution >= 4 is 29.9 Å². The summed E-state index contributed by atoms with van der Waals surface area (Å²) in [5.41, 5.74) is 3.69. The Bertz CT molecular complexity index is 612. The van der Waals surface area contributed by atoms with Crippen LogP contribution in [0.3, 0.4) is 0 Å². The van der Waals surface area contributed by atoms with Crippen molar-refractivity contribution in [2.45, 2.75) is 66.0 Å². The summed E-state index contributed by atoms with van der Waals surface area (Å²) in [6.45, 7) is 14.4. The average Bonchev–Trinajstić information content (AvgIpc) is 2.84. The van der Waals surface area contributed by atoms with E-state index in [1.54, 1.807) is 0 Å². The first-order valence-corrected chi connectivity index (χ1v) is 10.0. The normalized spacial score (nSPS) is 20.7. The van der Waals surface area contributed by atoms with Crippen molar-refractivity contribution in [2.75, 3.05) is 26.7 Å². The van der Waals surface area contributed by atoms with Gasteiger partial charge in [0.05, 0.1) is 5.69 Å². The Morgan fingerprint density at radius 1 is 1.33 bits per heavy atom. The molecule has 1 aliphatic rings. The standard InChI is InChI=1S/C20H38N6.HI/c1-14-9-8-10-26(13-14)16(3)12-22-20(21-6)23-15(2)11-19-17(4)24-25(7)18(19)5;/h14-16H,8-13H2,1-7H3,(H2,21,22,23);1H. The second kappa shape index (κ2) is 11.2. The fraction of sp³-hybridized carbons (Fsp3) is 0.800. The molecule has 156 valence electrons. The van der Waals surface area contributed by atoms with Crippen LogP contribution < -0.4 is 10.6 Å². The molecule has 1 aliphatic heterocycles. The number of rotatable bonds is 6. The Morgan fingerprint density at radius 3 is 2.59 bits per heavy atom. The van der Waals surface area contributed by atoms with Crippen LogP contribution in [-0.4, -0.2) is 59.4 Å². The second-order valence-corrected chi connectivity index (χ2v) is 8.07. The molecule has 0 spiro atoms. The number of hydrogen-bond donors (Lipinski definition) is 2. The maximum Gasteiger partial charge on any atom is 0.191 e. The minimum atomic E-state index is 0. The van der Waals surface area contributed by atoms with Gasteiger partial charge in [-0.05, 0) is 65.0 Å². The van der Waals surface area contributed by atoms with E-state index in [9.17, 15) is 0 Å². The number of piperidine rings is 1. The van der Waals surface area contributed by atoms with E-state index in [1.807, 2.05) is 18.8 Å². The number of hydrogen-bond acceptors (Lipinski definition) is 3. The largest absolute Gasteiger partial charge is 0.355 e. The van der Waals surface area contributed by atoms with Gasteiger partial charge < -0.3 is 10.6 Å². The lowest BCUT2D eigenvalue weighted by atomic mass is 9.99. The first-order valence-electron chi connectivity index (χ1n) is 10.0. The predicted molar refractivity (Wildman–Crippen MR) is 125 cm³/mol. The number of likely N-dealkylation sites (tertiary alicyclic amines) is 1. The monoisotopic (exact) mass is 490 g/mol. The summed E-state index contributed by atoms with van der Waals surface area (Å²) < 4.78 is 1.96. The van der Waals surface area contributed by atoms with Gasteiger partial charge in [0.2, 0.25) is 0 Å². The van der Waals surface area contributed by atoms with Crippen molar-refractivity contribution in [1.29, 1.82) is 0 Å². The molecule has 0 amide bonds. The number of nitrogens with one attached hydrogen (secondary N) is 2. The summed E-state index contributed by atoms with van der Waals surface area (Å²) in [7, 11) is 3.85. The van der Waals surface area contributed by atoms with Crippen molar-refractivity contribution in [3.8, 4) is 0 Å². The maximum absolute atomic E-state index is 4.52. The Labute approximate surface area is 182 Å². The number of aromatic nitrogens is 2. The van der Waals surface area contributed by atoms with Gasteiger partial charge in [0.15, 0.2) is 5.96 Å². The van der Waals surface area contributed by atoms with E-state index in [0.29, 0.717) is 12.1 Å². The molecule has 27 heavy (non-hydrogen) atoms. The Hall–Kier alpha value is -0.830. The first-order chi connectivity index (χ1) is 12.3. The molecule has 2 heterocycles. The molecule has 2 rings (SSSR count). The third-order valence-corrected chi connectivity index (χ3v) is 5.65. The number of aryl methyl sites for hydroxylation is 2. The van der Waals surface area contributed by atoms with Gasteiger partial charge in [0.25, 0.3) is 0 Å². The van der Waals surface area contributed by atoms with E-state index < -0.39 is 0 Å². The van der Waals surface area contributed by atoms with Crippen LogP contribution in [0.2, 0.25) is 0 Å². The number of halogens is 1. The molecule has 0 bridgehead atoms. The molecular weight excluding hydrogens is 451 g/mol. The van der Waals surface area contributed by atoms with E-state index >= 15 is 0 Å². The summed E-state index contributed by atoms with van der Waals surface area (Å²) in [5, 5.41) is 11.6. The lowest BCUT2D eigenvalue weighted by molar-refractivity contribution is 0.139. The second-order valence-electron chi connectivity index (χ2n) is 8.07. The van der Waals surface area contributed by atoms with Crippen LogP contribution in [-0.2, 0) is 13.5 Å². The molecule has 0 radical (unpaired) electrons. The van der Waals surface area contributed by atoms with Crippen LogP contribution in [0.25, 0.3) is 0 Å². The van der Waals surface area contributed by atoms with Gasteiger partial charge in [-0.15, -0.1) is 24.0 Å². The topological polar surface area (TPSA) is 57.5 Å². The zero-order valence-electron chi connectivity index (χ0n) is 18.2. The summed E-state index contributed by atoms with van der Waals surface area (Å²) in [6, 6.07) is 0.822. The first kappa shape index (κ1) is 24.2. The van der Waals surface area contributed by atoms with Crippen molar-refractivity contribution in [2.24, 2.45) is 18.0 Å². The minimum absolute atomic E-state index is 0. The predicted octanol–water partition coefficient (Wildman–Crippen LogP) is 2.87. The van der Waals surface area contributed by atoms with E-state index in [0.717, 1.165) is 30.5 Å². The smallest absolute Gasteiger partial charge is 0.191 e. The molecule has 3 unspecified atom stereocenters. The molecule has 1 aromatic rings. The van der Waals surface area contributed by atoms with E-state index in [-0.39, 0.29) is 24.0 Å². The van der Waals surface area contributed by atoms with Crippen molar-refractivity contribution in [1.82, 2.24) is 25.3 Å². The lowest BCUT2D eigenvalue weighted by Gasteiger charge is -2.36. The summed E-state index contributed by atoms with van der Waals surface area (Å²) in [6.07, 6.45) is 3.63. The highest BCUT2D eigenvalue weighted by Crippen LogP contribution is 2.17. The van der Waals surface area contributed by atoms with E-state index in [2.05, 4.69) is 60.2 Å². The molecule has 6 nitrogen and oxygen atoms in total. The zero-order valence-corrected chi connectivity index (χ0v) is 20.5. The highest BCUT2D eigenvalue weighted by atomic mass is 127. The van der Waals surface area contributed by atoms with Crippen LogP contribution in [0.4, 0.5) is 0 Å². The van der Waals surface area contributed by atoms with Crippen LogP contribution >= 0.6 is 24.0 Å². The van der Waals surface area contributed by atoms with Crippen molar-refractivity contribution in [3.05, 3.63) is 17.0 Å². The highest BCUT2D eigenvalue weighted by Gasteiger charge is 2.21. The summed E-state index contributed by atoms with van der Waals surface area (Å²) in [4.78, 5) is 7.00. The van der Waals surface area contributed by atoms with Gasteiger partial charge in [0.1, 0.15) is 0 Å². The van der Waals surface area contributed by atoms with Crippen LogP contribution in [0, 0.1) is 19.8 Å². The van der Waals surface area contributed by atoms with Crippen molar-refractivity contribution in [3.63, 3.8) is 0 Å². The fourth-order valence-corrected chi connectivity index (χ4v) is 3.90. The van der Waals surface area contributed by atoms with Gasteiger partial charge in [-0.3, -0.25) is 14.6 Å². The Morgan fingerprint density at radius 2 is 2.04 bits per heavy atom. The molecule has 1 fully saturated rings. The van der Waals surface area contributed by atoms with Crippen LogP contribution in [0.1, 0.15) is 50.6 Å². The quantitative estimate of drug-likeness (QED) is 0.366. The Balaban J connectivity index is 0.00000364. The van der Waals surface area contributed by atoms with E-state index in [1.165, 1.54) is 37.2 Å². The molecule has 0 saturated carbocycles. The molecule has 3 atom stereocenters. The molecule has 2 N–H and O–H groups in total. The van der Waals surface area contributed by atoms with Gasteiger partial charge in [-0.1, -0.05) is 6.92 Å². The number of guanidine groups is 1. The number of nitrogens with zero attached hydrogens (tertiary/aromatic N) is 4. The average molecular weight is 490 g/mol. The molecule has 7 heteroatoms. The van der Waals surface area contributed by atoms with Gasteiger partial charge in [-0.25, -0.2) is 0 Å². The third kappa shape index (κ3) is 6.93. The maximum atomic E-state index is 4.52. The molecule has 1 aromatic heterocycles. The highest BCUT2D eigenvalue weighted by molar-refractivity contribution is 14.0. The van der Waals surface area contributed by atoms with Crippen LogP contribution in [0.5, 0.6) is 0 Å².